The molecule has 2 aliphatic carbocycles. The third-order valence-corrected chi connectivity index (χ3v) is 11.7. The van der Waals surface area contributed by atoms with Crippen molar-refractivity contribution in [1.82, 2.24) is 24.6 Å². The van der Waals surface area contributed by atoms with E-state index in [9.17, 15) is 9.90 Å². The van der Waals surface area contributed by atoms with E-state index in [0.717, 1.165) is 69.4 Å². The van der Waals surface area contributed by atoms with Crippen molar-refractivity contribution in [3.05, 3.63) is 65.1 Å². The van der Waals surface area contributed by atoms with E-state index in [0.29, 0.717) is 29.9 Å². The maximum absolute atomic E-state index is 11.6. The first-order valence-corrected chi connectivity index (χ1v) is 17.9. The lowest BCUT2D eigenvalue weighted by atomic mass is 9.78. The van der Waals surface area contributed by atoms with E-state index in [4.69, 9.17) is 9.97 Å². The number of carboxylic acids is 1. The number of hydrogen-bond acceptors (Lipinski definition) is 7. The monoisotopic (exact) mass is 625 g/mol. The Morgan fingerprint density at radius 2 is 1.74 bits per heavy atom. The lowest BCUT2D eigenvalue weighted by molar-refractivity contribution is -0.143. The third-order valence-electron chi connectivity index (χ3n) is 11.7. The summed E-state index contributed by atoms with van der Waals surface area (Å²) < 4.78 is 1.91. The number of rotatable bonds is 11. The number of nitrogens with zero attached hydrogens (tertiary/aromatic N) is 5. The highest BCUT2D eigenvalue weighted by molar-refractivity contribution is 5.70. The Morgan fingerprint density at radius 3 is 2.41 bits per heavy atom. The fourth-order valence-electron chi connectivity index (χ4n) is 9.04. The number of aliphatic carboxylic acids is 1. The summed E-state index contributed by atoms with van der Waals surface area (Å²) in [5.41, 5.74) is 4.99. The van der Waals surface area contributed by atoms with Crippen LogP contribution in [-0.2, 0) is 24.7 Å². The molecule has 5 atom stereocenters. The molecule has 4 aliphatic rings. The molecule has 9 nitrogen and oxygen atoms in total. The molecule has 1 aromatic carbocycles. The molecule has 3 N–H and O–H groups in total. The second-order valence-electron chi connectivity index (χ2n) is 14.4. The number of hydrogen-bond donors (Lipinski definition) is 3. The van der Waals surface area contributed by atoms with Gasteiger partial charge < -0.3 is 15.7 Å². The number of aromatic nitrogens is 4. The van der Waals surface area contributed by atoms with Crippen LogP contribution in [0.1, 0.15) is 112 Å². The number of carbonyl (C=O) groups is 1. The van der Waals surface area contributed by atoms with Gasteiger partial charge in [0.15, 0.2) is 0 Å². The fraction of sp³-hybridized carbons (Fsp3) is 0.622. The maximum Gasteiger partial charge on any atom is 0.306 e. The van der Waals surface area contributed by atoms with Gasteiger partial charge >= 0.3 is 5.97 Å². The maximum atomic E-state index is 11.6. The number of nitrogens with one attached hydrogen (secondary N) is 2. The second kappa shape index (κ2) is 13.7. The molecule has 0 spiro atoms. The highest BCUT2D eigenvalue weighted by Crippen LogP contribution is 2.40. The second-order valence-corrected chi connectivity index (χ2v) is 14.4. The molecule has 9 heteroatoms. The SMILES string of the molecule is CC[C@@H](Nc1nc2c(c(N[C@@H](CN3C4CCCC3CC4)c3cnn(C)c3)n1)C[C@H](c1ccccc1)CC2)C1CCC(C(=O)O)CC1. The predicted octanol–water partition coefficient (Wildman–Crippen LogP) is 6.73. The number of piperidine rings is 1. The summed E-state index contributed by atoms with van der Waals surface area (Å²) in [6.07, 6.45) is 18.0. The minimum atomic E-state index is -0.650. The van der Waals surface area contributed by atoms with Crippen molar-refractivity contribution in [3.63, 3.8) is 0 Å². The zero-order valence-electron chi connectivity index (χ0n) is 27.6. The Kier molecular flexibility index (Phi) is 9.29. The molecule has 2 aliphatic heterocycles. The summed E-state index contributed by atoms with van der Waals surface area (Å²) in [5, 5.41) is 21.9. The third kappa shape index (κ3) is 6.66. The number of carboxylic acid groups (broad SMARTS) is 1. The van der Waals surface area contributed by atoms with Gasteiger partial charge in [-0.25, -0.2) is 4.98 Å². The highest BCUT2D eigenvalue weighted by Gasteiger charge is 2.38. The standard InChI is InChI=1S/C37H51N7O2/c1-3-32(25-12-14-26(15-13-25)36(45)46)40-37-41-33-19-16-27(24-8-5-4-6-9-24)20-31(33)35(42-37)39-34(28-21-38-43(2)22-28)23-44-29-10-7-11-30(44)18-17-29/h4-6,8-9,21-22,25-27,29-30,32,34H,3,7,10-20,23H2,1-2H3,(H,45,46)(H2,39,40,41,42)/t25?,26?,27-,29?,30?,32-,34+/m1/s1. The Balaban J connectivity index is 1.19. The van der Waals surface area contributed by atoms with Gasteiger partial charge in [0.25, 0.3) is 0 Å². The average Bonchev–Trinajstić information content (AvgIpc) is 3.60. The molecular formula is C37H51N7O2. The van der Waals surface area contributed by atoms with Crippen LogP contribution in [0, 0.1) is 11.8 Å². The molecule has 3 aromatic rings. The van der Waals surface area contributed by atoms with Crippen molar-refractivity contribution in [2.24, 2.45) is 18.9 Å². The molecule has 2 saturated heterocycles. The lowest BCUT2D eigenvalue weighted by Crippen LogP contribution is -2.43. The summed E-state index contributed by atoms with van der Waals surface area (Å²) in [5.74, 6) is 1.67. The number of aryl methyl sites for hydroxylation is 2. The van der Waals surface area contributed by atoms with E-state index in [1.807, 2.05) is 17.9 Å². The first-order valence-electron chi connectivity index (χ1n) is 17.9. The van der Waals surface area contributed by atoms with E-state index in [1.54, 1.807) is 0 Å². The van der Waals surface area contributed by atoms with Gasteiger partial charge in [-0.05, 0) is 94.4 Å². The Bertz CT molecular complexity index is 1470. The average molecular weight is 626 g/mol. The van der Waals surface area contributed by atoms with Crippen molar-refractivity contribution in [3.8, 4) is 0 Å². The summed E-state index contributed by atoms with van der Waals surface area (Å²) in [7, 11) is 2.00. The number of benzene rings is 1. The Labute approximate surface area is 273 Å². The van der Waals surface area contributed by atoms with Gasteiger partial charge in [0.1, 0.15) is 5.82 Å². The molecule has 3 fully saturated rings. The predicted molar refractivity (Wildman–Crippen MR) is 181 cm³/mol. The van der Waals surface area contributed by atoms with Crippen LogP contribution in [0.2, 0.25) is 0 Å². The van der Waals surface area contributed by atoms with Crippen LogP contribution in [0.25, 0.3) is 0 Å². The van der Waals surface area contributed by atoms with Crippen molar-refractivity contribution in [2.45, 2.75) is 120 Å². The highest BCUT2D eigenvalue weighted by atomic mass is 16.4. The van der Waals surface area contributed by atoms with E-state index >= 15 is 0 Å². The molecule has 2 aromatic heterocycles. The molecule has 2 bridgehead atoms. The van der Waals surface area contributed by atoms with Gasteiger partial charge in [-0.15, -0.1) is 0 Å². The topological polar surface area (TPSA) is 108 Å². The molecule has 0 amide bonds. The summed E-state index contributed by atoms with van der Waals surface area (Å²) in [6.45, 7) is 3.17. The van der Waals surface area contributed by atoms with Crippen molar-refractivity contribution < 1.29 is 9.90 Å². The molecule has 1 saturated carbocycles. The van der Waals surface area contributed by atoms with Crippen LogP contribution in [-0.4, -0.2) is 60.4 Å². The summed E-state index contributed by atoms with van der Waals surface area (Å²) in [6, 6.07) is 12.6. The van der Waals surface area contributed by atoms with Crippen molar-refractivity contribution >= 4 is 17.7 Å². The molecule has 46 heavy (non-hydrogen) atoms. The molecule has 246 valence electrons. The van der Waals surface area contributed by atoms with Gasteiger partial charge in [0.2, 0.25) is 5.95 Å². The molecule has 2 unspecified atom stereocenters. The van der Waals surface area contributed by atoms with Crippen LogP contribution < -0.4 is 10.6 Å². The Morgan fingerprint density at radius 1 is 0.978 bits per heavy atom. The lowest BCUT2D eigenvalue weighted by Gasteiger charge is -2.37. The zero-order chi connectivity index (χ0) is 31.6. The fourth-order valence-corrected chi connectivity index (χ4v) is 9.04. The zero-order valence-corrected chi connectivity index (χ0v) is 27.6. The minimum absolute atomic E-state index is 0.0760. The molecule has 4 heterocycles. The summed E-state index contributed by atoms with van der Waals surface area (Å²) in [4.78, 5) is 24.8. The summed E-state index contributed by atoms with van der Waals surface area (Å²) >= 11 is 0. The molecule has 7 rings (SSSR count). The number of anilines is 2. The molecule has 0 radical (unpaired) electrons. The van der Waals surface area contributed by atoms with Gasteiger partial charge in [-0.3, -0.25) is 14.4 Å². The number of fused-ring (bicyclic) bond motifs is 3. The van der Waals surface area contributed by atoms with Crippen molar-refractivity contribution in [2.75, 3.05) is 17.2 Å². The van der Waals surface area contributed by atoms with Gasteiger partial charge in [-0.1, -0.05) is 43.7 Å². The van der Waals surface area contributed by atoms with Crippen LogP contribution in [0.3, 0.4) is 0 Å². The largest absolute Gasteiger partial charge is 0.481 e. The van der Waals surface area contributed by atoms with Crippen LogP contribution in [0.4, 0.5) is 11.8 Å². The Hall–Kier alpha value is -3.46. The minimum Gasteiger partial charge on any atom is -0.481 e. The first-order chi connectivity index (χ1) is 22.4. The van der Waals surface area contributed by atoms with E-state index < -0.39 is 5.97 Å². The normalized spacial score (nSPS) is 27.5. The van der Waals surface area contributed by atoms with Crippen LogP contribution >= 0.6 is 0 Å². The van der Waals surface area contributed by atoms with Crippen LogP contribution in [0.15, 0.2) is 42.7 Å². The van der Waals surface area contributed by atoms with Crippen LogP contribution in [0.5, 0.6) is 0 Å². The first kappa shape index (κ1) is 31.2. The van der Waals surface area contributed by atoms with Gasteiger partial charge in [-0.2, -0.15) is 10.1 Å². The smallest absolute Gasteiger partial charge is 0.306 e. The van der Waals surface area contributed by atoms with E-state index in [2.05, 4.69) is 64.1 Å². The molecular weight excluding hydrogens is 574 g/mol. The van der Waals surface area contributed by atoms with E-state index in [1.165, 1.54) is 48.8 Å². The van der Waals surface area contributed by atoms with Gasteiger partial charge in [0.05, 0.1) is 23.9 Å². The quantitative estimate of drug-likeness (QED) is 0.215. The van der Waals surface area contributed by atoms with E-state index in [-0.39, 0.29) is 18.0 Å². The van der Waals surface area contributed by atoms with Crippen molar-refractivity contribution in [1.29, 1.82) is 0 Å². The van der Waals surface area contributed by atoms with Gasteiger partial charge in [0, 0.05) is 49.0 Å².